The molecule has 1 aromatic rings. The Morgan fingerprint density at radius 3 is 2.76 bits per heavy atom. The van der Waals surface area contributed by atoms with Gasteiger partial charge < -0.3 is 4.90 Å². The first kappa shape index (κ1) is 13.2. The average molecular weight is 317 g/mol. The minimum absolute atomic E-state index is 0.630. The van der Waals surface area contributed by atoms with Crippen LogP contribution < -0.4 is 4.90 Å². The maximum absolute atomic E-state index is 6.29. The predicted molar refractivity (Wildman–Crippen MR) is 79.3 cm³/mol. The van der Waals surface area contributed by atoms with Gasteiger partial charge in [0.1, 0.15) is 0 Å². The molecule has 1 nitrogen and oxygen atoms in total. The second kappa shape index (κ2) is 5.62. The summed E-state index contributed by atoms with van der Waals surface area (Å²) in [5.74, 6) is 0. The molecule has 0 aliphatic carbocycles. The number of hydrogen-bond donors (Lipinski definition) is 0. The minimum Gasteiger partial charge on any atom is -0.366 e. The summed E-state index contributed by atoms with van der Waals surface area (Å²) in [7, 11) is 0. The van der Waals surface area contributed by atoms with E-state index in [-0.39, 0.29) is 0 Å². The summed E-state index contributed by atoms with van der Waals surface area (Å²) in [5.41, 5.74) is 2.44. The van der Waals surface area contributed by atoms with Crippen molar-refractivity contribution >= 4 is 33.2 Å². The van der Waals surface area contributed by atoms with Crippen molar-refractivity contribution in [2.24, 2.45) is 0 Å². The van der Waals surface area contributed by atoms with Gasteiger partial charge in [0.15, 0.2) is 0 Å². The van der Waals surface area contributed by atoms with Gasteiger partial charge in [-0.25, -0.2) is 0 Å². The smallest absolute Gasteiger partial charge is 0.0467 e. The van der Waals surface area contributed by atoms with Crippen molar-refractivity contribution in [1.29, 1.82) is 0 Å². The van der Waals surface area contributed by atoms with E-state index in [0.29, 0.717) is 12.1 Å². The zero-order valence-electron chi connectivity index (χ0n) is 10.4. The average Bonchev–Trinajstić information content (AvgIpc) is 2.70. The van der Waals surface area contributed by atoms with Gasteiger partial charge in [-0.15, -0.1) is 0 Å². The van der Waals surface area contributed by atoms with Crippen LogP contribution in [0.4, 0.5) is 5.69 Å². The Bertz CT molecular complexity index is 394. The monoisotopic (exact) mass is 315 g/mol. The zero-order valence-corrected chi connectivity index (χ0v) is 12.8. The Hall–Kier alpha value is -0.210. The minimum atomic E-state index is 0.630. The van der Waals surface area contributed by atoms with E-state index in [1.54, 1.807) is 0 Å². The molecule has 94 valence electrons. The Labute approximate surface area is 117 Å². The van der Waals surface area contributed by atoms with Crippen LogP contribution in [0, 0.1) is 0 Å². The molecule has 0 aromatic heterocycles. The highest BCUT2D eigenvalue weighted by Gasteiger charge is 2.29. The van der Waals surface area contributed by atoms with Crippen molar-refractivity contribution in [2.75, 3.05) is 4.90 Å². The van der Waals surface area contributed by atoms with E-state index in [9.17, 15) is 0 Å². The third-order valence-corrected chi connectivity index (χ3v) is 4.69. The van der Waals surface area contributed by atoms with E-state index in [1.807, 2.05) is 0 Å². The van der Waals surface area contributed by atoms with Gasteiger partial charge in [-0.2, -0.15) is 0 Å². The van der Waals surface area contributed by atoms with E-state index < -0.39 is 0 Å². The first-order chi connectivity index (χ1) is 8.17. The lowest BCUT2D eigenvalue weighted by atomic mass is 10.1. The quantitative estimate of drug-likeness (QED) is 0.709. The molecule has 1 saturated heterocycles. The number of halogens is 2. The summed E-state index contributed by atoms with van der Waals surface area (Å²) in [4.78, 5) is 2.53. The van der Waals surface area contributed by atoms with Crippen LogP contribution in [0.5, 0.6) is 0 Å². The molecule has 0 amide bonds. The van der Waals surface area contributed by atoms with E-state index in [2.05, 4.69) is 52.9 Å². The molecule has 1 fully saturated rings. The summed E-state index contributed by atoms with van der Waals surface area (Å²) in [6.07, 6.45) is 3.80. The lowest BCUT2D eigenvalue weighted by Crippen LogP contribution is -2.34. The van der Waals surface area contributed by atoms with Crippen LogP contribution >= 0.6 is 27.5 Å². The highest BCUT2D eigenvalue weighted by atomic mass is 79.9. The van der Waals surface area contributed by atoms with Gasteiger partial charge in [0.2, 0.25) is 0 Å². The summed E-state index contributed by atoms with van der Waals surface area (Å²) in [6.45, 7) is 4.58. The molecule has 2 atom stereocenters. The largest absolute Gasteiger partial charge is 0.366 e. The van der Waals surface area contributed by atoms with Crippen LogP contribution in [-0.4, -0.2) is 12.1 Å². The molecule has 1 heterocycles. The van der Waals surface area contributed by atoms with Crippen LogP contribution in [-0.2, 0) is 5.33 Å². The van der Waals surface area contributed by atoms with Gasteiger partial charge >= 0.3 is 0 Å². The predicted octanol–water partition coefficient (Wildman–Crippen LogP) is 5.00. The van der Waals surface area contributed by atoms with Crippen LogP contribution in [0.1, 0.15) is 38.7 Å². The maximum atomic E-state index is 6.29. The molecular formula is C14H19BrClN. The molecule has 17 heavy (non-hydrogen) atoms. The highest BCUT2D eigenvalue weighted by Crippen LogP contribution is 2.34. The second-order valence-electron chi connectivity index (χ2n) is 4.81. The third-order valence-electron chi connectivity index (χ3n) is 3.74. The molecular weight excluding hydrogens is 298 g/mol. The van der Waals surface area contributed by atoms with Crippen molar-refractivity contribution in [2.45, 2.75) is 50.5 Å². The molecule has 3 heteroatoms. The number of hydrogen-bond acceptors (Lipinski definition) is 1. The van der Waals surface area contributed by atoms with Crippen LogP contribution in [0.15, 0.2) is 18.2 Å². The molecule has 1 aliphatic heterocycles. The number of nitrogens with zero attached hydrogens (tertiary/aromatic N) is 1. The van der Waals surface area contributed by atoms with Gasteiger partial charge in [0, 0.05) is 28.1 Å². The lowest BCUT2D eigenvalue weighted by molar-refractivity contribution is 0.628. The van der Waals surface area contributed by atoms with Crippen molar-refractivity contribution < 1.29 is 0 Å². The van der Waals surface area contributed by atoms with Crippen molar-refractivity contribution in [3.05, 3.63) is 28.8 Å². The standard InChI is InChI=1S/C14H19BrClN/c1-3-12-6-4-10(2)17(12)13-7-5-11(9-15)14(16)8-13/h5,7-8,10,12H,3-4,6,9H2,1-2H3. The fraction of sp³-hybridized carbons (Fsp3) is 0.571. The summed E-state index contributed by atoms with van der Waals surface area (Å²) >= 11 is 9.75. The summed E-state index contributed by atoms with van der Waals surface area (Å²) in [5, 5.41) is 1.69. The van der Waals surface area contributed by atoms with Gasteiger partial charge in [-0.1, -0.05) is 40.5 Å². The number of alkyl halides is 1. The molecule has 0 saturated carbocycles. The van der Waals surface area contributed by atoms with Crippen molar-refractivity contribution in [3.63, 3.8) is 0 Å². The van der Waals surface area contributed by atoms with Gasteiger partial charge in [-0.3, -0.25) is 0 Å². The van der Waals surface area contributed by atoms with E-state index >= 15 is 0 Å². The van der Waals surface area contributed by atoms with Crippen molar-refractivity contribution in [3.8, 4) is 0 Å². The molecule has 1 aliphatic rings. The fourth-order valence-electron chi connectivity index (χ4n) is 2.74. The second-order valence-corrected chi connectivity index (χ2v) is 5.77. The lowest BCUT2D eigenvalue weighted by Gasteiger charge is -2.30. The molecule has 2 unspecified atom stereocenters. The third kappa shape index (κ3) is 2.63. The first-order valence-corrected chi connectivity index (χ1v) is 7.80. The molecule has 0 bridgehead atoms. The maximum Gasteiger partial charge on any atom is 0.0467 e. The van der Waals surface area contributed by atoms with Gasteiger partial charge in [0.25, 0.3) is 0 Å². The van der Waals surface area contributed by atoms with Crippen LogP contribution in [0.3, 0.4) is 0 Å². The molecule has 1 aromatic carbocycles. The summed E-state index contributed by atoms with van der Waals surface area (Å²) in [6, 6.07) is 7.75. The van der Waals surface area contributed by atoms with E-state index in [4.69, 9.17) is 11.6 Å². The Morgan fingerprint density at radius 2 is 2.18 bits per heavy atom. The fourth-order valence-corrected chi connectivity index (χ4v) is 3.63. The van der Waals surface area contributed by atoms with Crippen LogP contribution in [0.2, 0.25) is 5.02 Å². The number of anilines is 1. The highest BCUT2D eigenvalue weighted by molar-refractivity contribution is 9.08. The first-order valence-electron chi connectivity index (χ1n) is 6.30. The van der Waals surface area contributed by atoms with E-state index in [0.717, 1.165) is 15.9 Å². The molecule has 2 rings (SSSR count). The zero-order chi connectivity index (χ0) is 12.4. The van der Waals surface area contributed by atoms with Gasteiger partial charge in [-0.05, 0) is 43.9 Å². The normalized spacial score (nSPS) is 24.4. The summed E-state index contributed by atoms with van der Waals surface area (Å²) < 4.78 is 0. The van der Waals surface area contributed by atoms with Crippen LogP contribution in [0.25, 0.3) is 0 Å². The SMILES string of the molecule is CCC1CCC(C)N1c1ccc(CBr)c(Cl)c1. The Morgan fingerprint density at radius 1 is 1.41 bits per heavy atom. The Balaban J connectivity index is 2.29. The molecule has 0 spiro atoms. The van der Waals surface area contributed by atoms with E-state index in [1.165, 1.54) is 24.9 Å². The van der Waals surface area contributed by atoms with Gasteiger partial charge in [0.05, 0.1) is 0 Å². The number of benzene rings is 1. The Kier molecular flexibility index (Phi) is 4.37. The van der Waals surface area contributed by atoms with Crippen molar-refractivity contribution in [1.82, 2.24) is 0 Å². The molecule has 0 N–H and O–H groups in total. The topological polar surface area (TPSA) is 3.24 Å². The molecule has 0 radical (unpaired) electrons. The number of rotatable bonds is 3.